The van der Waals surface area contributed by atoms with Crippen LogP contribution in [0.2, 0.25) is 18.1 Å². The molecule has 1 heterocycles. The first-order chi connectivity index (χ1) is 8.08. The SMILES string of the molecule is CC(C)(C)[Si](C)(C)O[C@@H]1C[C@@H](C(=O)O)N(C=O)C1. The fraction of sp³-hybridized carbons (Fsp3) is 0.833. The minimum Gasteiger partial charge on any atom is -0.480 e. The van der Waals surface area contributed by atoms with Gasteiger partial charge in [-0.15, -0.1) is 0 Å². The Morgan fingerprint density at radius 3 is 2.33 bits per heavy atom. The van der Waals surface area contributed by atoms with E-state index in [0.717, 1.165) is 0 Å². The summed E-state index contributed by atoms with van der Waals surface area (Å²) in [5.41, 5.74) is 0. The summed E-state index contributed by atoms with van der Waals surface area (Å²) in [6.45, 7) is 11.1. The Bertz CT molecular complexity index is 337. The van der Waals surface area contributed by atoms with Crippen molar-refractivity contribution in [1.29, 1.82) is 0 Å². The van der Waals surface area contributed by atoms with Crippen LogP contribution in [0.3, 0.4) is 0 Å². The number of aliphatic carboxylic acids is 1. The molecule has 0 aromatic carbocycles. The van der Waals surface area contributed by atoms with E-state index in [2.05, 4.69) is 33.9 Å². The fourth-order valence-corrected chi connectivity index (χ4v) is 3.22. The Labute approximate surface area is 109 Å². The van der Waals surface area contributed by atoms with Crippen molar-refractivity contribution in [1.82, 2.24) is 4.90 Å². The van der Waals surface area contributed by atoms with Gasteiger partial charge < -0.3 is 14.4 Å². The van der Waals surface area contributed by atoms with Crippen LogP contribution < -0.4 is 0 Å². The Hall–Kier alpha value is -0.883. The number of carbonyl (C=O) groups is 2. The first-order valence-electron chi connectivity index (χ1n) is 6.20. The monoisotopic (exact) mass is 273 g/mol. The van der Waals surface area contributed by atoms with Gasteiger partial charge in [-0.3, -0.25) is 4.79 Å². The number of carboxylic acid groups (broad SMARTS) is 1. The van der Waals surface area contributed by atoms with Gasteiger partial charge in [0.05, 0.1) is 6.10 Å². The van der Waals surface area contributed by atoms with Crippen LogP contribution in [0.15, 0.2) is 0 Å². The molecule has 0 spiro atoms. The predicted octanol–water partition coefficient (Wildman–Crippen LogP) is 1.69. The number of carboxylic acids is 1. The summed E-state index contributed by atoms with van der Waals surface area (Å²) in [5, 5.41) is 9.13. The van der Waals surface area contributed by atoms with Crippen LogP contribution in [0.25, 0.3) is 0 Å². The van der Waals surface area contributed by atoms with Gasteiger partial charge in [0.25, 0.3) is 0 Å². The molecule has 0 unspecified atom stereocenters. The lowest BCUT2D eigenvalue weighted by Gasteiger charge is -2.38. The van der Waals surface area contributed by atoms with Crippen LogP contribution in [0.4, 0.5) is 0 Å². The second-order valence-corrected chi connectivity index (χ2v) is 11.1. The molecule has 0 radical (unpaired) electrons. The zero-order valence-corrected chi connectivity index (χ0v) is 12.8. The molecule has 0 aromatic heterocycles. The normalized spacial score (nSPS) is 25.3. The van der Waals surface area contributed by atoms with E-state index in [0.29, 0.717) is 19.4 Å². The smallest absolute Gasteiger partial charge is 0.326 e. The largest absolute Gasteiger partial charge is 0.480 e. The summed E-state index contributed by atoms with van der Waals surface area (Å²) >= 11 is 0. The van der Waals surface area contributed by atoms with Gasteiger partial charge in [0, 0.05) is 13.0 Å². The highest BCUT2D eigenvalue weighted by Crippen LogP contribution is 2.38. The van der Waals surface area contributed by atoms with Crippen molar-refractivity contribution in [3.05, 3.63) is 0 Å². The van der Waals surface area contributed by atoms with Crippen LogP contribution in [-0.2, 0) is 14.0 Å². The Morgan fingerprint density at radius 1 is 1.44 bits per heavy atom. The van der Waals surface area contributed by atoms with Gasteiger partial charge in [0.2, 0.25) is 6.41 Å². The summed E-state index contributed by atoms with van der Waals surface area (Å²) in [5.74, 6) is -0.955. The van der Waals surface area contributed by atoms with Gasteiger partial charge >= 0.3 is 5.97 Å². The molecule has 1 saturated heterocycles. The molecule has 5 nitrogen and oxygen atoms in total. The van der Waals surface area contributed by atoms with Crippen LogP contribution in [0.5, 0.6) is 0 Å². The first-order valence-corrected chi connectivity index (χ1v) is 9.11. The number of likely N-dealkylation sites (tertiary alicyclic amines) is 1. The molecule has 1 aliphatic heterocycles. The van der Waals surface area contributed by atoms with E-state index >= 15 is 0 Å². The lowest BCUT2D eigenvalue weighted by atomic mass is 10.2. The fourth-order valence-electron chi connectivity index (χ4n) is 1.86. The van der Waals surface area contributed by atoms with Gasteiger partial charge in [0.1, 0.15) is 6.04 Å². The third kappa shape index (κ3) is 3.11. The van der Waals surface area contributed by atoms with Crippen LogP contribution in [-0.4, -0.2) is 49.4 Å². The molecule has 2 atom stereocenters. The Balaban J connectivity index is 2.72. The van der Waals surface area contributed by atoms with Gasteiger partial charge in [-0.1, -0.05) is 20.8 Å². The molecule has 0 saturated carbocycles. The number of hydrogen-bond acceptors (Lipinski definition) is 3. The third-order valence-corrected chi connectivity index (χ3v) is 8.52. The molecule has 1 N–H and O–H groups in total. The van der Waals surface area contributed by atoms with Crippen molar-refractivity contribution >= 4 is 20.7 Å². The summed E-state index contributed by atoms with van der Waals surface area (Å²) in [6.07, 6.45) is 0.839. The lowest BCUT2D eigenvalue weighted by Crippen LogP contribution is -2.44. The predicted molar refractivity (Wildman–Crippen MR) is 70.9 cm³/mol. The van der Waals surface area contributed by atoms with E-state index in [1.807, 2.05) is 0 Å². The van der Waals surface area contributed by atoms with Crippen molar-refractivity contribution in [3.63, 3.8) is 0 Å². The molecule has 1 fully saturated rings. The molecule has 1 aliphatic rings. The summed E-state index contributed by atoms with van der Waals surface area (Å²) < 4.78 is 6.15. The van der Waals surface area contributed by atoms with Gasteiger partial charge in [-0.05, 0) is 18.1 Å². The number of rotatable bonds is 4. The minimum absolute atomic E-state index is 0.0836. The van der Waals surface area contributed by atoms with E-state index in [9.17, 15) is 9.59 Å². The first kappa shape index (κ1) is 15.2. The average molecular weight is 273 g/mol. The molecule has 18 heavy (non-hydrogen) atoms. The standard InChI is InChI=1S/C12H23NO4Si/c1-12(2,3)18(4,5)17-9-6-10(11(15)16)13(7-9)8-14/h8-10H,6-7H2,1-5H3,(H,15,16)/t9-,10+/m1/s1. The second-order valence-electron chi connectivity index (χ2n) is 6.39. The number of hydrogen-bond donors (Lipinski definition) is 1. The summed E-state index contributed by atoms with van der Waals surface area (Å²) in [6, 6.07) is -0.739. The van der Waals surface area contributed by atoms with Gasteiger partial charge in [-0.25, -0.2) is 4.79 Å². The zero-order valence-electron chi connectivity index (χ0n) is 11.8. The van der Waals surface area contributed by atoms with Crippen LogP contribution in [0.1, 0.15) is 27.2 Å². The number of amides is 1. The van der Waals surface area contributed by atoms with Crippen molar-refractivity contribution < 1.29 is 19.1 Å². The highest BCUT2D eigenvalue weighted by Gasteiger charge is 2.43. The molecule has 0 bridgehead atoms. The third-order valence-electron chi connectivity index (χ3n) is 3.99. The van der Waals surface area contributed by atoms with Crippen molar-refractivity contribution in [2.45, 2.75) is 57.5 Å². The topological polar surface area (TPSA) is 66.8 Å². The lowest BCUT2D eigenvalue weighted by molar-refractivity contribution is -0.144. The molecule has 0 aliphatic carbocycles. The molecule has 1 rings (SSSR count). The highest BCUT2D eigenvalue weighted by molar-refractivity contribution is 6.74. The van der Waals surface area contributed by atoms with Gasteiger partial charge in [-0.2, -0.15) is 0 Å². The number of nitrogens with zero attached hydrogens (tertiary/aromatic N) is 1. The van der Waals surface area contributed by atoms with E-state index in [1.165, 1.54) is 4.90 Å². The van der Waals surface area contributed by atoms with Crippen molar-refractivity contribution in [3.8, 4) is 0 Å². The average Bonchev–Trinajstić information content (AvgIpc) is 2.58. The molecule has 1 amide bonds. The second kappa shape index (κ2) is 5.01. The van der Waals surface area contributed by atoms with Crippen molar-refractivity contribution in [2.24, 2.45) is 0 Å². The Kier molecular flexibility index (Phi) is 4.22. The summed E-state index contributed by atoms with van der Waals surface area (Å²) in [7, 11) is -1.91. The molecule has 6 heteroatoms. The van der Waals surface area contributed by atoms with Crippen molar-refractivity contribution in [2.75, 3.05) is 6.54 Å². The van der Waals surface area contributed by atoms with E-state index in [-0.39, 0.29) is 11.1 Å². The zero-order chi connectivity index (χ0) is 14.1. The van der Waals surface area contributed by atoms with Crippen LogP contribution >= 0.6 is 0 Å². The molecular weight excluding hydrogens is 250 g/mol. The maximum absolute atomic E-state index is 11.0. The molecular formula is C12H23NO4Si. The quantitative estimate of drug-likeness (QED) is 0.625. The van der Waals surface area contributed by atoms with Crippen LogP contribution in [0, 0.1) is 0 Å². The maximum atomic E-state index is 11.0. The highest BCUT2D eigenvalue weighted by atomic mass is 28.4. The Morgan fingerprint density at radius 2 is 2.00 bits per heavy atom. The van der Waals surface area contributed by atoms with Gasteiger partial charge in [0.15, 0.2) is 8.32 Å². The molecule has 0 aromatic rings. The summed E-state index contributed by atoms with van der Waals surface area (Å²) in [4.78, 5) is 23.2. The minimum atomic E-state index is -1.91. The van der Waals surface area contributed by atoms with E-state index < -0.39 is 20.3 Å². The number of carbonyl (C=O) groups excluding carboxylic acids is 1. The maximum Gasteiger partial charge on any atom is 0.326 e. The molecule has 104 valence electrons. The van der Waals surface area contributed by atoms with E-state index in [4.69, 9.17) is 9.53 Å². The van der Waals surface area contributed by atoms with E-state index in [1.54, 1.807) is 0 Å².